The average molecular weight is 309 g/mol. The van der Waals surface area contributed by atoms with Gasteiger partial charge in [-0.05, 0) is 31.2 Å². The van der Waals surface area contributed by atoms with E-state index < -0.39 is 0 Å². The molecule has 1 aromatic heterocycles. The normalized spacial score (nSPS) is 10.2. The van der Waals surface area contributed by atoms with Crippen LogP contribution in [0, 0.1) is 6.92 Å². The Balaban J connectivity index is 2.30. The topological polar surface area (TPSA) is 73.1 Å². The fourth-order valence-corrected chi connectivity index (χ4v) is 1.99. The molecule has 1 aromatic carbocycles. The monoisotopic (exact) mass is 308 g/mol. The molecule has 20 heavy (non-hydrogen) atoms. The molecule has 2 rings (SSSR count). The number of rotatable bonds is 4. The Morgan fingerprint density at radius 3 is 2.70 bits per heavy atom. The predicted molar refractivity (Wildman–Crippen MR) is 83.9 cm³/mol. The first-order chi connectivity index (χ1) is 9.49. The fraction of sp³-hybridized carbons (Fsp3) is 0.154. The van der Waals surface area contributed by atoms with E-state index in [1.165, 1.54) is 0 Å². The van der Waals surface area contributed by atoms with Gasteiger partial charge in [-0.2, -0.15) is 0 Å². The molecule has 7 heteroatoms. The van der Waals surface area contributed by atoms with Crippen LogP contribution in [0.2, 0.25) is 5.02 Å². The van der Waals surface area contributed by atoms with Gasteiger partial charge in [0.2, 0.25) is 5.95 Å². The summed E-state index contributed by atoms with van der Waals surface area (Å²) in [6.45, 7) is 1.84. The number of ether oxygens (including phenoxy) is 1. The Hall–Kier alpha value is -1.92. The molecule has 0 radical (unpaired) electrons. The van der Waals surface area contributed by atoms with Crippen LogP contribution in [-0.2, 0) is 0 Å². The van der Waals surface area contributed by atoms with E-state index in [-0.39, 0.29) is 4.99 Å². The second-order valence-corrected chi connectivity index (χ2v) is 4.90. The zero-order chi connectivity index (χ0) is 14.7. The number of halogens is 1. The number of aromatic nitrogens is 2. The third-order valence-electron chi connectivity index (χ3n) is 2.51. The molecule has 0 fully saturated rings. The van der Waals surface area contributed by atoms with Crippen molar-refractivity contribution >= 4 is 40.4 Å². The summed E-state index contributed by atoms with van der Waals surface area (Å²) in [5.41, 5.74) is 7.62. The molecule has 5 nitrogen and oxygen atoms in total. The first-order valence-electron chi connectivity index (χ1n) is 5.75. The lowest BCUT2D eigenvalue weighted by atomic mass is 10.3. The van der Waals surface area contributed by atoms with E-state index in [9.17, 15) is 0 Å². The highest BCUT2D eigenvalue weighted by atomic mass is 35.5. The Morgan fingerprint density at radius 1 is 1.35 bits per heavy atom. The summed E-state index contributed by atoms with van der Waals surface area (Å²) in [6.07, 6.45) is 0. The Kier molecular flexibility index (Phi) is 4.36. The van der Waals surface area contributed by atoms with E-state index in [0.717, 1.165) is 11.4 Å². The second kappa shape index (κ2) is 6.02. The molecule has 2 aromatic rings. The number of nitrogens with two attached hydrogens (primary N) is 1. The largest absolute Gasteiger partial charge is 0.495 e. The van der Waals surface area contributed by atoms with Crippen molar-refractivity contribution in [2.45, 2.75) is 6.92 Å². The molecular weight excluding hydrogens is 296 g/mol. The maximum absolute atomic E-state index is 6.06. The van der Waals surface area contributed by atoms with E-state index in [0.29, 0.717) is 22.4 Å². The van der Waals surface area contributed by atoms with Crippen LogP contribution < -0.4 is 15.8 Å². The van der Waals surface area contributed by atoms with Crippen LogP contribution in [0.3, 0.4) is 0 Å². The number of nitrogens with zero attached hydrogens (tertiary/aromatic N) is 2. The first-order valence-corrected chi connectivity index (χ1v) is 6.54. The number of hydrogen-bond donors (Lipinski definition) is 2. The molecule has 104 valence electrons. The second-order valence-electron chi connectivity index (χ2n) is 4.06. The number of thiocarbonyl (C=S) groups is 1. The van der Waals surface area contributed by atoms with E-state index in [1.807, 2.05) is 13.0 Å². The van der Waals surface area contributed by atoms with Crippen LogP contribution in [0.4, 0.5) is 11.6 Å². The average Bonchev–Trinajstić information content (AvgIpc) is 2.38. The minimum atomic E-state index is 0.228. The summed E-state index contributed by atoms with van der Waals surface area (Å²) in [7, 11) is 1.56. The number of benzene rings is 1. The van der Waals surface area contributed by atoms with Crippen LogP contribution in [0.5, 0.6) is 5.75 Å². The van der Waals surface area contributed by atoms with Gasteiger partial charge in [-0.1, -0.05) is 23.8 Å². The van der Waals surface area contributed by atoms with Gasteiger partial charge in [0, 0.05) is 11.4 Å². The van der Waals surface area contributed by atoms with Crippen LogP contribution in [0.1, 0.15) is 11.4 Å². The lowest BCUT2D eigenvalue weighted by molar-refractivity contribution is 0.415. The Bertz CT molecular complexity index is 663. The highest BCUT2D eigenvalue weighted by Gasteiger charge is 2.06. The van der Waals surface area contributed by atoms with Gasteiger partial charge in [-0.15, -0.1) is 0 Å². The third-order valence-corrected chi connectivity index (χ3v) is 3.02. The van der Waals surface area contributed by atoms with E-state index in [1.54, 1.807) is 25.3 Å². The number of aryl methyl sites for hydroxylation is 1. The number of nitrogens with one attached hydrogen (secondary N) is 1. The zero-order valence-corrected chi connectivity index (χ0v) is 12.5. The van der Waals surface area contributed by atoms with Crippen LogP contribution in [-0.4, -0.2) is 22.1 Å². The zero-order valence-electron chi connectivity index (χ0n) is 11.0. The maximum atomic E-state index is 6.06. The van der Waals surface area contributed by atoms with Gasteiger partial charge in [0.1, 0.15) is 16.4 Å². The van der Waals surface area contributed by atoms with Crippen molar-refractivity contribution in [1.82, 2.24) is 9.97 Å². The lowest BCUT2D eigenvalue weighted by Crippen LogP contribution is -2.13. The highest BCUT2D eigenvalue weighted by molar-refractivity contribution is 7.80. The van der Waals surface area contributed by atoms with Gasteiger partial charge in [0.05, 0.1) is 12.1 Å². The summed E-state index contributed by atoms with van der Waals surface area (Å²) in [5, 5.41) is 3.55. The molecule has 0 saturated carbocycles. The van der Waals surface area contributed by atoms with Crippen molar-refractivity contribution in [3.8, 4) is 5.75 Å². The van der Waals surface area contributed by atoms with E-state index >= 15 is 0 Å². The summed E-state index contributed by atoms with van der Waals surface area (Å²) in [4.78, 5) is 8.74. The molecular formula is C13H13ClN4OS. The Morgan fingerprint density at radius 2 is 2.10 bits per heavy atom. The predicted octanol–water partition coefficient (Wildman–Crippen LogP) is 2.82. The maximum Gasteiger partial charge on any atom is 0.228 e. The van der Waals surface area contributed by atoms with Crippen LogP contribution >= 0.6 is 23.8 Å². The van der Waals surface area contributed by atoms with E-state index in [2.05, 4.69) is 15.3 Å². The SMILES string of the molecule is COc1ccc(Nc2nc(C)cc(C(N)=S)n2)cc1Cl. The van der Waals surface area contributed by atoms with Gasteiger partial charge >= 0.3 is 0 Å². The molecule has 1 heterocycles. The highest BCUT2D eigenvalue weighted by Crippen LogP contribution is 2.28. The molecule has 0 aliphatic heterocycles. The smallest absolute Gasteiger partial charge is 0.228 e. The van der Waals surface area contributed by atoms with Crippen molar-refractivity contribution in [3.63, 3.8) is 0 Å². The van der Waals surface area contributed by atoms with Crippen LogP contribution in [0.25, 0.3) is 0 Å². The van der Waals surface area contributed by atoms with Crippen molar-refractivity contribution < 1.29 is 4.74 Å². The number of hydrogen-bond acceptors (Lipinski definition) is 5. The van der Waals surface area contributed by atoms with Gasteiger partial charge < -0.3 is 15.8 Å². The van der Waals surface area contributed by atoms with Crippen molar-refractivity contribution in [2.75, 3.05) is 12.4 Å². The summed E-state index contributed by atoms with van der Waals surface area (Å²) in [6, 6.07) is 7.03. The van der Waals surface area contributed by atoms with Crippen molar-refractivity contribution in [1.29, 1.82) is 0 Å². The molecule has 0 bridgehead atoms. The van der Waals surface area contributed by atoms with Crippen molar-refractivity contribution in [2.24, 2.45) is 5.73 Å². The molecule has 0 aliphatic carbocycles. The van der Waals surface area contributed by atoms with Gasteiger partial charge in [0.15, 0.2) is 0 Å². The van der Waals surface area contributed by atoms with E-state index in [4.69, 9.17) is 34.3 Å². The molecule has 0 unspecified atom stereocenters. The van der Waals surface area contributed by atoms with Gasteiger partial charge in [-0.25, -0.2) is 9.97 Å². The van der Waals surface area contributed by atoms with Gasteiger partial charge in [-0.3, -0.25) is 0 Å². The minimum absolute atomic E-state index is 0.228. The number of anilines is 2. The molecule has 0 atom stereocenters. The lowest BCUT2D eigenvalue weighted by Gasteiger charge is -2.09. The number of methoxy groups -OCH3 is 1. The van der Waals surface area contributed by atoms with Gasteiger partial charge in [0.25, 0.3) is 0 Å². The summed E-state index contributed by atoms with van der Waals surface area (Å²) in [5.74, 6) is 1.01. The summed E-state index contributed by atoms with van der Waals surface area (Å²) < 4.78 is 5.10. The molecule has 0 spiro atoms. The summed E-state index contributed by atoms with van der Waals surface area (Å²) >= 11 is 11.0. The first kappa shape index (κ1) is 14.5. The molecule has 0 amide bonds. The third kappa shape index (κ3) is 3.34. The Labute approximate surface area is 127 Å². The molecule has 0 saturated heterocycles. The molecule has 3 N–H and O–H groups in total. The molecule has 0 aliphatic rings. The fourth-order valence-electron chi connectivity index (χ4n) is 1.62. The minimum Gasteiger partial charge on any atom is -0.495 e. The van der Waals surface area contributed by atoms with Crippen molar-refractivity contribution in [3.05, 3.63) is 40.7 Å². The standard InChI is InChI=1S/C13H13ClN4OS/c1-7-5-10(12(15)20)18-13(16-7)17-8-3-4-11(19-2)9(14)6-8/h3-6H,1-2H3,(H2,15,20)(H,16,17,18). The quantitative estimate of drug-likeness (QED) is 0.846. The van der Waals surface area contributed by atoms with Crippen LogP contribution in [0.15, 0.2) is 24.3 Å².